The number of thiazole rings is 1. The first-order valence-corrected chi connectivity index (χ1v) is 19.4. The fourth-order valence-electron chi connectivity index (χ4n) is 8.12. The summed E-state index contributed by atoms with van der Waals surface area (Å²) in [5.41, 5.74) is 2.07. The summed E-state index contributed by atoms with van der Waals surface area (Å²) in [6.45, 7) is 3.43. The highest BCUT2D eigenvalue weighted by atomic mass is 32.1. The van der Waals surface area contributed by atoms with E-state index in [2.05, 4.69) is 32.0 Å². The molecule has 2 saturated heterocycles. The number of amides is 1. The summed E-state index contributed by atoms with van der Waals surface area (Å²) < 4.78 is 19.5. The maximum absolute atomic E-state index is 14.3. The molecule has 3 aliphatic heterocycles. The van der Waals surface area contributed by atoms with Gasteiger partial charge in [0.1, 0.15) is 11.3 Å². The molecule has 2 fully saturated rings. The van der Waals surface area contributed by atoms with Gasteiger partial charge >= 0.3 is 0 Å². The van der Waals surface area contributed by atoms with Crippen molar-refractivity contribution in [2.24, 2.45) is 5.92 Å². The van der Waals surface area contributed by atoms with Crippen LogP contribution in [0, 0.1) is 5.92 Å². The Kier molecular flexibility index (Phi) is 9.32. The quantitative estimate of drug-likeness (QED) is 0.212. The number of benzene rings is 2. The zero-order valence-electron chi connectivity index (χ0n) is 30.4. The first kappa shape index (κ1) is 35.2. The van der Waals surface area contributed by atoms with E-state index in [0.717, 1.165) is 52.8 Å². The Balaban J connectivity index is 0.854. The number of aromatic nitrogens is 5. The van der Waals surface area contributed by atoms with Gasteiger partial charge in [0.2, 0.25) is 18.6 Å². The number of ether oxygens (including phenoxy) is 3. The third kappa shape index (κ3) is 6.97. The highest BCUT2D eigenvalue weighted by Crippen LogP contribution is 2.37. The van der Waals surface area contributed by atoms with Crippen molar-refractivity contribution in [1.82, 2.24) is 33.9 Å². The van der Waals surface area contributed by atoms with Crippen molar-refractivity contribution in [3.05, 3.63) is 112 Å². The van der Waals surface area contributed by atoms with Crippen LogP contribution < -0.4 is 19.8 Å². The van der Waals surface area contributed by atoms with Crippen molar-refractivity contribution >= 4 is 28.3 Å². The fraction of sp³-hybridized carbons (Fsp3) is 0.341. The number of carbonyl (C=O) groups is 1. The first-order chi connectivity index (χ1) is 26.8. The average Bonchev–Trinajstić information content (AvgIpc) is 4.00. The monoisotopic (exact) mass is 759 g/mol. The van der Waals surface area contributed by atoms with Crippen LogP contribution in [0.15, 0.2) is 96.4 Å². The van der Waals surface area contributed by atoms with Gasteiger partial charge in [-0.3, -0.25) is 19.1 Å². The molecule has 0 radical (unpaired) electrons. The van der Waals surface area contributed by atoms with Crippen molar-refractivity contribution in [2.45, 2.75) is 43.9 Å². The predicted octanol–water partition coefficient (Wildman–Crippen LogP) is 5.10. The molecule has 55 heavy (non-hydrogen) atoms. The van der Waals surface area contributed by atoms with E-state index in [0.29, 0.717) is 54.3 Å². The maximum atomic E-state index is 14.3. The zero-order chi connectivity index (χ0) is 37.5. The molecule has 282 valence electrons. The van der Waals surface area contributed by atoms with Gasteiger partial charge in [0.05, 0.1) is 30.3 Å². The van der Waals surface area contributed by atoms with Crippen LogP contribution in [0.2, 0.25) is 0 Å². The number of methoxy groups -OCH3 is 1. The maximum Gasteiger partial charge on any atom is 0.262 e. The standard InChI is InChI=1S/C41H41N7O6S/c1-52-36-10-7-28(20-42-36)38-43-21-30(55-38)22-45-15-11-31(33(23-45)27-5-3-2-4-6-27)39(49)46-17-13-41(51,14-18-46)24-47-25-44-37-32(40(47)50)12-16-48(37)29-8-9-34-35(19-29)54-26-53-34/h2-10,12,16,19-21,25,31,33,51H,11,13-15,17-18,22-24,26H2,1H3/t31-,33+/m1/s1. The van der Waals surface area contributed by atoms with Crippen LogP contribution in [0.3, 0.4) is 0 Å². The third-order valence-corrected chi connectivity index (χ3v) is 12.2. The van der Waals surface area contributed by atoms with Gasteiger partial charge in [-0.2, -0.15) is 0 Å². The number of nitrogens with zero attached hydrogens (tertiary/aromatic N) is 7. The summed E-state index contributed by atoms with van der Waals surface area (Å²) in [5, 5.41) is 13.1. The molecule has 0 aliphatic carbocycles. The lowest BCUT2D eigenvalue weighted by atomic mass is 9.79. The summed E-state index contributed by atoms with van der Waals surface area (Å²) in [6, 6.07) is 21.5. The second kappa shape index (κ2) is 14.6. The number of aliphatic hydroxyl groups is 1. The number of hydrogen-bond acceptors (Lipinski definition) is 11. The fourth-order valence-corrected chi connectivity index (χ4v) is 9.07. The van der Waals surface area contributed by atoms with Crippen molar-refractivity contribution in [3.63, 3.8) is 0 Å². The Morgan fingerprint density at radius 2 is 1.82 bits per heavy atom. The summed E-state index contributed by atoms with van der Waals surface area (Å²) in [7, 11) is 1.60. The molecule has 0 unspecified atom stereocenters. The van der Waals surface area contributed by atoms with E-state index in [9.17, 15) is 14.7 Å². The highest BCUT2D eigenvalue weighted by molar-refractivity contribution is 7.15. The van der Waals surface area contributed by atoms with Crippen molar-refractivity contribution in [3.8, 4) is 33.6 Å². The van der Waals surface area contributed by atoms with Crippen molar-refractivity contribution in [2.75, 3.05) is 40.1 Å². The molecule has 1 N–H and O–H groups in total. The van der Waals surface area contributed by atoms with Crippen LogP contribution in [0.25, 0.3) is 27.3 Å². The molecule has 4 aromatic heterocycles. The molecular formula is C41H41N7O6S. The lowest BCUT2D eigenvalue weighted by Crippen LogP contribution is -2.53. The topological polar surface area (TPSA) is 137 Å². The van der Waals surface area contributed by atoms with E-state index in [4.69, 9.17) is 14.2 Å². The van der Waals surface area contributed by atoms with E-state index >= 15 is 0 Å². The van der Waals surface area contributed by atoms with Crippen LogP contribution in [-0.2, 0) is 17.9 Å². The molecule has 0 spiro atoms. The van der Waals surface area contributed by atoms with Gasteiger partial charge in [-0.05, 0) is 55.6 Å². The molecule has 7 heterocycles. The highest BCUT2D eigenvalue weighted by Gasteiger charge is 2.41. The van der Waals surface area contributed by atoms with Crippen LogP contribution in [0.1, 0.15) is 35.6 Å². The normalized spacial score (nSPS) is 19.5. The molecule has 0 bridgehead atoms. The summed E-state index contributed by atoms with van der Waals surface area (Å²) in [5.74, 6) is 1.89. The van der Waals surface area contributed by atoms with E-state index in [-0.39, 0.29) is 36.6 Å². The minimum Gasteiger partial charge on any atom is -0.481 e. The average molecular weight is 760 g/mol. The summed E-state index contributed by atoms with van der Waals surface area (Å²) >= 11 is 1.66. The van der Waals surface area contributed by atoms with Crippen molar-refractivity contribution < 1.29 is 24.1 Å². The number of pyridine rings is 1. The van der Waals surface area contributed by atoms with E-state index in [1.807, 2.05) is 70.4 Å². The molecular weight excluding hydrogens is 719 g/mol. The number of carbonyl (C=O) groups excluding carboxylic acids is 1. The predicted molar refractivity (Wildman–Crippen MR) is 207 cm³/mol. The van der Waals surface area contributed by atoms with E-state index in [1.54, 1.807) is 30.7 Å². The Morgan fingerprint density at radius 1 is 0.982 bits per heavy atom. The molecule has 3 aliphatic rings. The number of piperidine rings is 2. The lowest BCUT2D eigenvalue weighted by molar-refractivity contribution is -0.142. The van der Waals surface area contributed by atoms with Crippen LogP contribution in [0.4, 0.5) is 0 Å². The number of likely N-dealkylation sites (tertiary alicyclic amines) is 2. The first-order valence-electron chi connectivity index (χ1n) is 18.5. The van der Waals surface area contributed by atoms with Crippen molar-refractivity contribution in [1.29, 1.82) is 0 Å². The number of fused-ring (bicyclic) bond motifs is 2. The largest absolute Gasteiger partial charge is 0.481 e. The van der Waals surface area contributed by atoms with Gasteiger partial charge in [0, 0.05) is 79.2 Å². The van der Waals surface area contributed by atoms with Crippen LogP contribution in [0.5, 0.6) is 17.4 Å². The molecule has 9 rings (SSSR count). The summed E-state index contributed by atoms with van der Waals surface area (Å²) in [4.78, 5) is 47.0. The van der Waals surface area contributed by atoms with E-state index in [1.165, 1.54) is 10.9 Å². The number of rotatable bonds is 9. The molecule has 13 nitrogen and oxygen atoms in total. The van der Waals surface area contributed by atoms with Crippen LogP contribution >= 0.6 is 11.3 Å². The van der Waals surface area contributed by atoms with E-state index < -0.39 is 5.60 Å². The van der Waals surface area contributed by atoms with Gasteiger partial charge in [-0.1, -0.05) is 30.3 Å². The molecule has 14 heteroatoms. The zero-order valence-corrected chi connectivity index (χ0v) is 31.2. The summed E-state index contributed by atoms with van der Waals surface area (Å²) in [6.07, 6.45) is 8.51. The molecule has 6 aromatic rings. The number of hydrogen-bond donors (Lipinski definition) is 1. The Labute approximate surface area is 321 Å². The SMILES string of the molecule is COc1ccc(-c2ncc(CN3CC[C@@H](C(=O)N4CCC(O)(Cn5cnc6c(ccn6-c6ccc7c(c6)OCO7)c5=O)CC4)[C@H](c4ccccc4)C3)s2)cn1. The van der Waals surface area contributed by atoms with Gasteiger partial charge < -0.3 is 28.8 Å². The second-order valence-corrected chi connectivity index (χ2v) is 15.7. The smallest absolute Gasteiger partial charge is 0.262 e. The molecule has 2 aromatic carbocycles. The minimum atomic E-state index is -1.15. The van der Waals surface area contributed by atoms with Gasteiger partial charge in [-0.15, -0.1) is 11.3 Å². The minimum absolute atomic E-state index is 0.0304. The lowest BCUT2D eigenvalue weighted by Gasteiger charge is -2.43. The Morgan fingerprint density at radius 3 is 2.62 bits per heavy atom. The van der Waals surface area contributed by atoms with Gasteiger partial charge in [0.15, 0.2) is 17.1 Å². The molecule has 0 saturated carbocycles. The Hall–Kier alpha value is -5.57. The Bertz CT molecular complexity index is 2390. The molecule has 1 amide bonds. The third-order valence-electron chi connectivity index (χ3n) is 11.1. The van der Waals surface area contributed by atoms with Gasteiger partial charge in [-0.25, -0.2) is 15.0 Å². The van der Waals surface area contributed by atoms with Gasteiger partial charge in [0.25, 0.3) is 5.56 Å². The van der Waals surface area contributed by atoms with Crippen LogP contribution in [-0.4, -0.2) is 90.6 Å². The second-order valence-electron chi connectivity index (χ2n) is 14.6. The molecule has 2 atom stereocenters.